The fraction of sp³-hybridized carbons (Fsp3) is 0.125. The maximum absolute atomic E-state index is 11.9. The van der Waals surface area contributed by atoms with Gasteiger partial charge in [0.15, 0.2) is 0 Å². The number of para-hydroxylation sites is 1. The van der Waals surface area contributed by atoms with Crippen molar-refractivity contribution in [3.8, 4) is 0 Å². The summed E-state index contributed by atoms with van der Waals surface area (Å²) in [6, 6.07) is 18.1. The van der Waals surface area contributed by atoms with Gasteiger partial charge < -0.3 is 10.1 Å². The maximum Gasteiger partial charge on any atom is 0.348 e. The minimum Gasteiger partial charge on any atom is -0.477 e. The predicted octanol–water partition coefficient (Wildman–Crippen LogP) is 3.70. The van der Waals surface area contributed by atoms with Gasteiger partial charge >= 0.3 is 6.03 Å². The summed E-state index contributed by atoms with van der Waals surface area (Å²) in [5.74, 6) is 0.321. The fourth-order valence-electron chi connectivity index (χ4n) is 1.66. The molecule has 4 heteroatoms. The lowest BCUT2D eigenvalue weighted by atomic mass is 10.2. The molecule has 0 aromatic heterocycles. The van der Waals surface area contributed by atoms with Crippen LogP contribution in [0.5, 0.6) is 0 Å². The Morgan fingerprint density at radius 2 is 1.65 bits per heavy atom. The summed E-state index contributed by atoms with van der Waals surface area (Å²) in [4.78, 5) is 15.9. The summed E-state index contributed by atoms with van der Waals surface area (Å²) in [6.45, 7) is 2.31. The van der Waals surface area contributed by atoms with Crippen LogP contribution < -0.4 is 5.32 Å². The number of anilines is 1. The van der Waals surface area contributed by atoms with Gasteiger partial charge in [-0.15, -0.1) is 0 Å². The van der Waals surface area contributed by atoms with E-state index in [2.05, 4.69) is 10.3 Å². The standard InChI is InChI=1S/C16H16N2O2/c1-2-20-15(13-9-5-3-6-10-13)18-16(19)17-14-11-7-4-8-12-14/h3-12H,2H2,1H3,(H,17,19)/b18-15-. The highest BCUT2D eigenvalue weighted by molar-refractivity contribution is 6.04. The van der Waals surface area contributed by atoms with Gasteiger partial charge in [0.1, 0.15) is 0 Å². The highest BCUT2D eigenvalue weighted by atomic mass is 16.5. The zero-order chi connectivity index (χ0) is 14.2. The Kier molecular flexibility index (Phi) is 4.89. The topological polar surface area (TPSA) is 50.7 Å². The van der Waals surface area contributed by atoms with Crippen molar-refractivity contribution >= 4 is 17.6 Å². The summed E-state index contributed by atoms with van der Waals surface area (Å²) in [6.07, 6.45) is 0. The minimum atomic E-state index is -0.455. The molecule has 2 amide bonds. The Hall–Kier alpha value is -2.62. The number of carbonyl (C=O) groups excluding carboxylic acids is 1. The van der Waals surface area contributed by atoms with Crippen LogP contribution in [0.4, 0.5) is 10.5 Å². The van der Waals surface area contributed by atoms with Gasteiger partial charge in [0, 0.05) is 11.3 Å². The third kappa shape index (κ3) is 3.95. The number of aliphatic imine (C=N–C) groups is 1. The van der Waals surface area contributed by atoms with Crippen LogP contribution in [0.25, 0.3) is 0 Å². The van der Waals surface area contributed by atoms with Crippen molar-refractivity contribution in [2.45, 2.75) is 6.92 Å². The van der Waals surface area contributed by atoms with Crippen LogP contribution in [-0.4, -0.2) is 18.5 Å². The second-order valence-electron chi connectivity index (χ2n) is 4.01. The molecule has 0 unspecified atom stereocenters. The quantitative estimate of drug-likeness (QED) is 0.681. The van der Waals surface area contributed by atoms with Crippen molar-refractivity contribution in [2.75, 3.05) is 11.9 Å². The fourth-order valence-corrected chi connectivity index (χ4v) is 1.66. The lowest BCUT2D eigenvalue weighted by Gasteiger charge is -2.07. The van der Waals surface area contributed by atoms with E-state index in [1.807, 2.05) is 55.5 Å². The molecule has 0 aliphatic carbocycles. The van der Waals surface area contributed by atoms with E-state index >= 15 is 0 Å². The van der Waals surface area contributed by atoms with E-state index in [-0.39, 0.29) is 0 Å². The zero-order valence-corrected chi connectivity index (χ0v) is 11.2. The van der Waals surface area contributed by atoms with Gasteiger partial charge in [0.05, 0.1) is 6.61 Å². The smallest absolute Gasteiger partial charge is 0.348 e. The average Bonchev–Trinajstić information content (AvgIpc) is 2.49. The van der Waals surface area contributed by atoms with Gasteiger partial charge in [0.2, 0.25) is 5.90 Å². The second kappa shape index (κ2) is 7.09. The first-order valence-electron chi connectivity index (χ1n) is 6.42. The molecule has 1 N–H and O–H groups in total. The number of rotatable bonds is 3. The number of urea groups is 1. The van der Waals surface area contributed by atoms with Crippen molar-refractivity contribution < 1.29 is 9.53 Å². The summed E-state index contributed by atoms with van der Waals surface area (Å²) in [5.41, 5.74) is 1.47. The van der Waals surface area contributed by atoms with Crippen LogP contribution in [0.15, 0.2) is 65.7 Å². The molecule has 0 saturated heterocycles. The first-order chi connectivity index (χ1) is 9.79. The number of hydrogen-bond donors (Lipinski definition) is 1. The summed E-state index contributed by atoms with van der Waals surface area (Å²) >= 11 is 0. The molecule has 4 nitrogen and oxygen atoms in total. The SMILES string of the molecule is CCO/C(=N\C(=O)Nc1ccccc1)c1ccccc1. The molecule has 0 radical (unpaired) electrons. The van der Waals surface area contributed by atoms with Crippen LogP contribution in [0, 0.1) is 0 Å². The molecule has 0 spiro atoms. The highest BCUT2D eigenvalue weighted by Crippen LogP contribution is 2.07. The summed E-state index contributed by atoms with van der Waals surface area (Å²) < 4.78 is 5.43. The Balaban J connectivity index is 2.15. The number of nitrogens with zero attached hydrogens (tertiary/aromatic N) is 1. The number of hydrogen-bond acceptors (Lipinski definition) is 2. The molecule has 2 aromatic rings. The lowest BCUT2D eigenvalue weighted by Crippen LogP contribution is -2.13. The van der Waals surface area contributed by atoms with E-state index in [1.165, 1.54) is 0 Å². The van der Waals surface area contributed by atoms with Crippen LogP contribution in [-0.2, 0) is 4.74 Å². The van der Waals surface area contributed by atoms with Gasteiger partial charge in [-0.05, 0) is 31.2 Å². The number of nitrogens with one attached hydrogen (secondary N) is 1. The molecule has 0 fully saturated rings. The van der Waals surface area contributed by atoms with Crippen molar-refractivity contribution in [3.05, 3.63) is 66.2 Å². The van der Waals surface area contributed by atoms with Gasteiger partial charge in [-0.25, -0.2) is 4.79 Å². The van der Waals surface area contributed by atoms with E-state index < -0.39 is 6.03 Å². The normalized spacial score (nSPS) is 10.9. The Morgan fingerprint density at radius 3 is 2.25 bits per heavy atom. The molecule has 102 valence electrons. The van der Waals surface area contributed by atoms with Gasteiger partial charge in [-0.2, -0.15) is 4.99 Å². The number of amides is 2. The summed E-state index contributed by atoms with van der Waals surface area (Å²) in [5, 5.41) is 2.69. The lowest BCUT2D eigenvalue weighted by molar-refractivity contribution is 0.258. The molecule has 0 aliphatic heterocycles. The molecule has 0 bridgehead atoms. The summed E-state index contributed by atoms with van der Waals surface area (Å²) in [7, 11) is 0. The zero-order valence-electron chi connectivity index (χ0n) is 11.2. The van der Waals surface area contributed by atoms with Crippen molar-refractivity contribution in [2.24, 2.45) is 4.99 Å². The molecule has 0 saturated carbocycles. The highest BCUT2D eigenvalue weighted by Gasteiger charge is 2.07. The molecule has 2 rings (SSSR count). The molecule has 0 atom stereocenters. The average molecular weight is 268 g/mol. The first-order valence-corrected chi connectivity index (χ1v) is 6.42. The molecule has 20 heavy (non-hydrogen) atoms. The predicted molar refractivity (Wildman–Crippen MR) is 80.1 cm³/mol. The second-order valence-corrected chi connectivity index (χ2v) is 4.01. The Morgan fingerprint density at radius 1 is 1.05 bits per heavy atom. The minimum absolute atomic E-state index is 0.321. The van der Waals surface area contributed by atoms with Crippen molar-refractivity contribution in [1.29, 1.82) is 0 Å². The molecular weight excluding hydrogens is 252 g/mol. The number of benzene rings is 2. The molecule has 2 aromatic carbocycles. The Bertz CT molecular complexity index is 580. The van der Waals surface area contributed by atoms with Crippen LogP contribution in [0.1, 0.15) is 12.5 Å². The third-order valence-electron chi connectivity index (χ3n) is 2.53. The van der Waals surface area contributed by atoms with E-state index in [1.54, 1.807) is 12.1 Å². The Labute approximate surface area is 118 Å². The van der Waals surface area contributed by atoms with Crippen LogP contribution in [0.3, 0.4) is 0 Å². The molecule has 0 aliphatic rings. The van der Waals surface area contributed by atoms with E-state index in [0.29, 0.717) is 18.2 Å². The molecule has 0 heterocycles. The van der Waals surface area contributed by atoms with Gasteiger partial charge in [0.25, 0.3) is 0 Å². The maximum atomic E-state index is 11.9. The van der Waals surface area contributed by atoms with E-state index in [9.17, 15) is 4.79 Å². The number of carbonyl (C=O) groups is 1. The van der Waals surface area contributed by atoms with E-state index in [0.717, 1.165) is 5.56 Å². The first kappa shape index (κ1) is 13.8. The van der Waals surface area contributed by atoms with Crippen LogP contribution >= 0.6 is 0 Å². The monoisotopic (exact) mass is 268 g/mol. The largest absolute Gasteiger partial charge is 0.477 e. The van der Waals surface area contributed by atoms with Crippen molar-refractivity contribution in [1.82, 2.24) is 0 Å². The van der Waals surface area contributed by atoms with Crippen LogP contribution in [0.2, 0.25) is 0 Å². The van der Waals surface area contributed by atoms with E-state index in [4.69, 9.17) is 4.74 Å². The van der Waals surface area contributed by atoms with Gasteiger partial charge in [-0.3, -0.25) is 0 Å². The van der Waals surface area contributed by atoms with Crippen molar-refractivity contribution in [3.63, 3.8) is 0 Å². The number of ether oxygens (including phenoxy) is 1. The third-order valence-corrected chi connectivity index (χ3v) is 2.53. The molecular formula is C16H16N2O2. The van der Waals surface area contributed by atoms with Gasteiger partial charge in [-0.1, -0.05) is 36.4 Å².